The third-order valence-electron chi connectivity index (χ3n) is 3.56. The summed E-state index contributed by atoms with van der Waals surface area (Å²) in [5.41, 5.74) is 5.59. The molecule has 0 radical (unpaired) electrons. The molecule has 6 heteroatoms. The molecule has 3 nitrogen and oxygen atoms in total. The van der Waals surface area contributed by atoms with Gasteiger partial charge in [0, 0.05) is 24.7 Å². The number of benzene rings is 1. The third-order valence-corrected chi connectivity index (χ3v) is 3.78. The second-order valence-corrected chi connectivity index (χ2v) is 5.42. The van der Waals surface area contributed by atoms with Crippen LogP contribution in [0.2, 0.25) is 0 Å². The molecule has 1 saturated heterocycles. The lowest BCUT2D eigenvalue weighted by Gasteiger charge is -2.22. The molecule has 19 heavy (non-hydrogen) atoms. The average Bonchev–Trinajstić information content (AvgIpc) is 2.81. The van der Waals surface area contributed by atoms with Crippen LogP contribution in [-0.4, -0.2) is 43.1 Å². The maximum atomic E-state index is 14.1. The predicted octanol–water partition coefficient (Wildman–Crippen LogP) is 1.74. The van der Waals surface area contributed by atoms with E-state index in [2.05, 4.69) is 4.90 Å². The number of anilines is 1. The van der Waals surface area contributed by atoms with Crippen molar-refractivity contribution in [3.63, 3.8) is 0 Å². The first-order valence-corrected chi connectivity index (χ1v) is 6.51. The molecule has 1 unspecified atom stereocenters. The molecule has 0 spiro atoms. The van der Waals surface area contributed by atoms with Crippen LogP contribution in [0.4, 0.5) is 14.5 Å². The summed E-state index contributed by atoms with van der Waals surface area (Å²) in [4.78, 5) is 3.82. The fourth-order valence-electron chi connectivity index (χ4n) is 2.36. The van der Waals surface area contributed by atoms with Gasteiger partial charge < -0.3 is 15.5 Å². The van der Waals surface area contributed by atoms with Crippen molar-refractivity contribution < 1.29 is 8.78 Å². The fourth-order valence-corrected chi connectivity index (χ4v) is 2.51. The summed E-state index contributed by atoms with van der Waals surface area (Å²) in [6, 6.07) is 3.35. The minimum atomic E-state index is -0.960. The van der Waals surface area contributed by atoms with E-state index in [1.54, 1.807) is 6.07 Å². The number of nitrogens with two attached hydrogens (primary N) is 1. The Labute approximate surface area is 117 Å². The normalized spacial score (nSPS) is 19.2. The first kappa shape index (κ1) is 14.1. The van der Waals surface area contributed by atoms with Crippen LogP contribution >= 0.6 is 12.2 Å². The van der Waals surface area contributed by atoms with Crippen LogP contribution in [0.15, 0.2) is 12.1 Å². The zero-order chi connectivity index (χ0) is 14.2. The Morgan fingerprint density at radius 1 is 1.37 bits per heavy atom. The van der Waals surface area contributed by atoms with Gasteiger partial charge in [-0.3, -0.25) is 0 Å². The molecular weight excluding hydrogens is 268 g/mol. The van der Waals surface area contributed by atoms with Crippen molar-refractivity contribution in [2.45, 2.75) is 12.5 Å². The van der Waals surface area contributed by atoms with E-state index >= 15 is 0 Å². The number of rotatable bonds is 3. The average molecular weight is 285 g/mol. The molecule has 0 aromatic heterocycles. The van der Waals surface area contributed by atoms with Crippen LogP contribution in [0.1, 0.15) is 12.0 Å². The van der Waals surface area contributed by atoms with Crippen LogP contribution in [0, 0.1) is 11.6 Å². The molecule has 1 aromatic carbocycles. The van der Waals surface area contributed by atoms with Crippen molar-refractivity contribution in [2.75, 3.05) is 32.1 Å². The molecule has 1 aliphatic heterocycles. The van der Waals surface area contributed by atoms with Crippen molar-refractivity contribution in [2.24, 2.45) is 5.73 Å². The van der Waals surface area contributed by atoms with E-state index in [1.807, 2.05) is 19.0 Å². The molecule has 1 heterocycles. The van der Waals surface area contributed by atoms with Gasteiger partial charge in [0.1, 0.15) is 4.99 Å². The summed E-state index contributed by atoms with van der Waals surface area (Å²) in [7, 11) is 3.97. The van der Waals surface area contributed by atoms with Gasteiger partial charge >= 0.3 is 0 Å². The number of likely N-dealkylation sites (N-methyl/N-ethyl adjacent to an activating group) is 1. The quantitative estimate of drug-likeness (QED) is 0.858. The molecule has 2 N–H and O–H groups in total. The molecule has 1 atom stereocenters. The zero-order valence-corrected chi connectivity index (χ0v) is 11.8. The molecular formula is C13H17F2N3S. The summed E-state index contributed by atoms with van der Waals surface area (Å²) >= 11 is 4.69. The molecule has 2 rings (SSSR count). The van der Waals surface area contributed by atoms with Crippen LogP contribution in [0.25, 0.3) is 0 Å². The number of nitrogens with zero attached hydrogens (tertiary/aromatic N) is 2. The second kappa shape index (κ2) is 5.38. The molecule has 0 amide bonds. The molecule has 0 aliphatic carbocycles. The third kappa shape index (κ3) is 2.69. The van der Waals surface area contributed by atoms with Crippen LogP contribution in [0.5, 0.6) is 0 Å². The lowest BCUT2D eigenvalue weighted by atomic mass is 10.1. The van der Waals surface area contributed by atoms with E-state index in [9.17, 15) is 8.78 Å². The summed E-state index contributed by atoms with van der Waals surface area (Å²) in [6.45, 7) is 1.40. The topological polar surface area (TPSA) is 32.5 Å². The SMILES string of the molecule is CN(C)C1CCN(c2ccc(C(N)=S)c(F)c2F)C1. The Kier molecular flexibility index (Phi) is 4.01. The molecule has 0 saturated carbocycles. The maximum absolute atomic E-state index is 14.1. The van der Waals surface area contributed by atoms with Gasteiger partial charge in [-0.1, -0.05) is 12.2 Å². The Hall–Kier alpha value is -1.27. The Morgan fingerprint density at radius 2 is 2.05 bits per heavy atom. The molecule has 1 aliphatic rings. The van der Waals surface area contributed by atoms with Gasteiger partial charge in [-0.2, -0.15) is 0 Å². The van der Waals surface area contributed by atoms with Crippen LogP contribution in [0.3, 0.4) is 0 Å². The highest BCUT2D eigenvalue weighted by molar-refractivity contribution is 7.80. The Morgan fingerprint density at radius 3 is 2.58 bits per heavy atom. The van der Waals surface area contributed by atoms with E-state index in [0.29, 0.717) is 19.1 Å². The minimum Gasteiger partial charge on any atom is -0.389 e. The standard InChI is InChI=1S/C13H17F2N3S/c1-17(2)8-5-6-18(7-8)10-4-3-9(13(16)19)11(14)12(10)15/h3-4,8H,5-7H2,1-2H3,(H2,16,19). The molecule has 1 fully saturated rings. The fraction of sp³-hybridized carbons (Fsp3) is 0.462. The van der Waals surface area contributed by atoms with E-state index in [1.165, 1.54) is 6.07 Å². The van der Waals surface area contributed by atoms with E-state index in [-0.39, 0.29) is 16.2 Å². The Balaban J connectivity index is 2.28. The number of hydrogen-bond acceptors (Lipinski definition) is 3. The molecule has 0 bridgehead atoms. The van der Waals surface area contributed by atoms with Crippen LogP contribution in [-0.2, 0) is 0 Å². The first-order valence-electron chi connectivity index (χ1n) is 6.11. The molecule has 104 valence electrons. The number of halogens is 2. The first-order chi connectivity index (χ1) is 8.91. The zero-order valence-electron chi connectivity index (χ0n) is 11.0. The lowest BCUT2D eigenvalue weighted by molar-refractivity contribution is 0.315. The second-order valence-electron chi connectivity index (χ2n) is 4.98. The highest BCUT2D eigenvalue weighted by atomic mass is 32.1. The molecule has 1 aromatic rings. The van der Waals surface area contributed by atoms with Gasteiger partial charge in [0.15, 0.2) is 11.6 Å². The van der Waals surface area contributed by atoms with Gasteiger partial charge in [-0.25, -0.2) is 8.78 Å². The van der Waals surface area contributed by atoms with Gasteiger partial charge in [0.05, 0.1) is 5.69 Å². The van der Waals surface area contributed by atoms with Crippen molar-refractivity contribution in [1.29, 1.82) is 0 Å². The highest BCUT2D eigenvalue weighted by Crippen LogP contribution is 2.28. The highest BCUT2D eigenvalue weighted by Gasteiger charge is 2.27. The lowest BCUT2D eigenvalue weighted by Crippen LogP contribution is -2.31. The predicted molar refractivity (Wildman–Crippen MR) is 76.6 cm³/mol. The summed E-state index contributed by atoms with van der Waals surface area (Å²) < 4.78 is 27.9. The van der Waals surface area contributed by atoms with Gasteiger partial charge in [0.25, 0.3) is 0 Å². The smallest absolute Gasteiger partial charge is 0.182 e. The summed E-state index contributed by atoms with van der Waals surface area (Å²) in [6.07, 6.45) is 0.936. The van der Waals surface area contributed by atoms with Crippen molar-refractivity contribution in [3.8, 4) is 0 Å². The monoisotopic (exact) mass is 285 g/mol. The van der Waals surface area contributed by atoms with Crippen molar-refractivity contribution >= 4 is 22.9 Å². The summed E-state index contributed by atoms with van der Waals surface area (Å²) in [5, 5.41) is 0. The largest absolute Gasteiger partial charge is 0.389 e. The minimum absolute atomic E-state index is 0.0420. The summed E-state index contributed by atoms with van der Waals surface area (Å²) in [5.74, 6) is -1.83. The van der Waals surface area contributed by atoms with Gasteiger partial charge in [-0.05, 0) is 32.6 Å². The van der Waals surface area contributed by atoms with Crippen molar-refractivity contribution in [3.05, 3.63) is 29.3 Å². The van der Waals surface area contributed by atoms with E-state index in [0.717, 1.165) is 6.42 Å². The van der Waals surface area contributed by atoms with E-state index in [4.69, 9.17) is 18.0 Å². The van der Waals surface area contributed by atoms with Crippen LogP contribution < -0.4 is 10.6 Å². The van der Waals surface area contributed by atoms with E-state index < -0.39 is 11.6 Å². The van der Waals surface area contributed by atoms with Gasteiger partial charge in [0.2, 0.25) is 0 Å². The Bertz CT molecular complexity index is 505. The number of thiocarbonyl (C=S) groups is 1. The maximum Gasteiger partial charge on any atom is 0.182 e. The van der Waals surface area contributed by atoms with Crippen molar-refractivity contribution in [1.82, 2.24) is 4.90 Å². The van der Waals surface area contributed by atoms with Gasteiger partial charge in [-0.15, -0.1) is 0 Å². The number of hydrogen-bond donors (Lipinski definition) is 1.